The number of hydrogen-bond donors (Lipinski definition) is 0. The van der Waals surface area contributed by atoms with Crippen LogP contribution in [0.5, 0.6) is 0 Å². The average Bonchev–Trinajstić information content (AvgIpc) is 3.81. The van der Waals surface area contributed by atoms with Gasteiger partial charge in [0.1, 0.15) is 0 Å². The summed E-state index contributed by atoms with van der Waals surface area (Å²) in [5.41, 5.74) is 24.3. The molecular weight excluding hydrogens is 915 g/mol. The number of hydrogen-bond acceptors (Lipinski definition) is 1. The Morgan fingerprint density at radius 3 is 0.882 bits per heavy atom. The predicted molar refractivity (Wildman–Crippen MR) is 322 cm³/mol. The standard InChI is InChI=1S/C73H51N.C2H6/c1-6-18-52(19-7-1)55-30-34-58(35-31-55)60-42-46-65(47-43-60)74(66-48-44-61(45-49-66)59-36-32-56(33-37-59)53-20-8-2-9-21-53)72-51-71-69(50-68(72)62-40-38-57(39-41-62)54-22-10-3-11-23-54)67-28-16-17-29-70(67)73(71,63-24-12-4-13-25-63)64-26-14-5-15-27-64;1-2/h1-51H;1-2H3. The Labute approximate surface area is 448 Å². The van der Waals surface area contributed by atoms with Gasteiger partial charge in [-0.2, -0.15) is 0 Å². The lowest BCUT2D eigenvalue weighted by Crippen LogP contribution is -2.28. The van der Waals surface area contributed by atoms with Crippen molar-refractivity contribution in [1.29, 1.82) is 0 Å². The Balaban J connectivity index is 0.00000288. The van der Waals surface area contributed by atoms with Crippen LogP contribution in [-0.4, -0.2) is 0 Å². The van der Waals surface area contributed by atoms with Crippen LogP contribution in [0.3, 0.4) is 0 Å². The zero-order chi connectivity index (χ0) is 51.3. The summed E-state index contributed by atoms with van der Waals surface area (Å²) >= 11 is 0. The number of rotatable bonds is 11. The molecule has 0 atom stereocenters. The van der Waals surface area contributed by atoms with Crippen LogP contribution in [0.1, 0.15) is 36.1 Å². The maximum atomic E-state index is 2.52. The van der Waals surface area contributed by atoms with E-state index in [2.05, 4.69) is 314 Å². The van der Waals surface area contributed by atoms with Crippen molar-refractivity contribution < 1.29 is 0 Å². The second kappa shape index (κ2) is 21.1. The molecule has 0 aromatic heterocycles. The molecule has 1 heteroatoms. The first-order chi connectivity index (χ1) is 37.7. The highest BCUT2D eigenvalue weighted by Crippen LogP contribution is 2.59. The lowest BCUT2D eigenvalue weighted by atomic mass is 9.67. The smallest absolute Gasteiger partial charge is 0.0714 e. The molecule has 0 amide bonds. The van der Waals surface area contributed by atoms with Gasteiger partial charge >= 0.3 is 0 Å². The Hall–Kier alpha value is -9.56. The second-order valence-electron chi connectivity index (χ2n) is 19.2. The Morgan fingerprint density at radius 1 is 0.224 bits per heavy atom. The largest absolute Gasteiger partial charge is 0.310 e. The molecule has 13 rings (SSSR count). The van der Waals surface area contributed by atoms with E-state index < -0.39 is 5.41 Å². The van der Waals surface area contributed by atoms with E-state index in [1.807, 2.05) is 13.8 Å². The molecule has 1 aliphatic carbocycles. The van der Waals surface area contributed by atoms with Crippen molar-refractivity contribution in [1.82, 2.24) is 0 Å². The van der Waals surface area contributed by atoms with Crippen LogP contribution in [0.25, 0.3) is 77.9 Å². The summed E-state index contributed by atoms with van der Waals surface area (Å²) in [4.78, 5) is 2.48. The first-order valence-electron chi connectivity index (χ1n) is 26.6. The molecule has 1 nitrogen and oxygen atoms in total. The number of benzene rings is 12. The molecule has 362 valence electrons. The lowest BCUT2D eigenvalue weighted by Gasteiger charge is -2.35. The lowest BCUT2D eigenvalue weighted by molar-refractivity contribution is 0.768. The first-order valence-corrected chi connectivity index (χ1v) is 26.6. The maximum Gasteiger partial charge on any atom is 0.0714 e. The van der Waals surface area contributed by atoms with E-state index in [0.29, 0.717) is 0 Å². The molecule has 0 saturated heterocycles. The third kappa shape index (κ3) is 8.82. The van der Waals surface area contributed by atoms with Crippen LogP contribution >= 0.6 is 0 Å². The van der Waals surface area contributed by atoms with Gasteiger partial charge < -0.3 is 4.90 Å². The maximum absolute atomic E-state index is 2.52. The molecular formula is C75H57N. The van der Waals surface area contributed by atoms with Crippen LogP contribution in [0.2, 0.25) is 0 Å². The normalized spacial score (nSPS) is 11.9. The summed E-state index contributed by atoms with van der Waals surface area (Å²) < 4.78 is 0. The summed E-state index contributed by atoms with van der Waals surface area (Å²) in [5, 5.41) is 0. The first kappa shape index (κ1) is 47.4. The van der Waals surface area contributed by atoms with E-state index in [9.17, 15) is 0 Å². The van der Waals surface area contributed by atoms with E-state index in [1.165, 1.54) is 77.9 Å². The molecule has 0 aliphatic heterocycles. The summed E-state index contributed by atoms with van der Waals surface area (Å²) in [6, 6.07) is 113. The van der Waals surface area contributed by atoms with Crippen molar-refractivity contribution in [3.63, 3.8) is 0 Å². The van der Waals surface area contributed by atoms with Gasteiger partial charge in [0.25, 0.3) is 0 Å². The van der Waals surface area contributed by atoms with Crippen LogP contribution < -0.4 is 4.90 Å². The van der Waals surface area contributed by atoms with Gasteiger partial charge in [0.15, 0.2) is 0 Å². The third-order valence-corrected chi connectivity index (χ3v) is 15.0. The van der Waals surface area contributed by atoms with Crippen molar-refractivity contribution in [2.45, 2.75) is 19.3 Å². The summed E-state index contributed by atoms with van der Waals surface area (Å²) in [7, 11) is 0. The van der Waals surface area contributed by atoms with E-state index in [1.54, 1.807) is 0 Å². The van der Waals surface area contributed by atoms with Crippen molar-refractivity contribution in [2.24, 2.45) is 0 Å². The van der Waals surface area contributed by atoms with E-state index in [4.69, 9.17) is 0 Å². The minimum absolute atomic E-state index is 0.587. The van der Waals surface area contributed by atoms with E-state index >= 15 is 0 Å². The van der Waals surface area contributed by atoms with E-state index in [0.717, 1.165) is 39.3 Å². The fourth-order valence-electron chi connectivity index (χ4n) is 11.4. The quantitative estimate of drug-likeness (QED) is 0.125. The number of anilines is 3. The molecule has 0 radical (unpaired) electrons. The molecule has 0 unspecified atom stereocenters. The summed E-state index contributed by atoms with van der Waals surface area (Å²) in [6.45, 7) is 4.00. The average molecular weight is 972 g/mol. The highest BCUT2D eigenvalue weighted by atomic mass is 15.1. The molecule has 76 heavy (non-hydrogen) atoms. The SMILES string of the molecule is CC.c1ccc(-c2ccc(-c3ccc(N(c4ccc(-c5ccc(-c6ccccc6)cc5)cc4)c4cc5c(cc4-c4ccc(-c6ccccc6)cc4)-c4ccccc4C5(c4ccccc4)c4ccccc4)cc3)cc2)cc1. The van der Waals surface area contributed by atoms with Gasteiger partial charge in [-0.1, -0.05) is 287 Å². The molecule has 0 saturated carbocycles. The molecule has 12 aromatic rings. The van der Waals surface area contributed by atoms with Crippen LogP contribution in [-0.2, 0) is 5.41 Å². The molecule has 0 fully saturated rings. The van der Waals surface area contributed by atoms with Gasteiger partial charge in [-0.05, 0) is 131 Å². The van der Waals surface area contributed by atoms with Crippen molar-refractivity contribution >= 4 is 17.1 Å². The van der Waals surface area contributed by atoms with Crippen LogP contribution in [0.4, 0.5) is 17.1 Å². The Kier molecular flexibility index (Phi) is 13.2. The van der Waals surface area contributed by atoms with Crippen LogP contribution in [0.15, 0.2) is 309 Å². The Morgan fingerprint density at radius 2 is 0.513 bits per heavy atom. The second-order valence-corrected chi connectivity index (χ2v) is 19.2. The van der Waals surface area contributed by atoms with Crippen molar-refractivity contribution in [2.75, 3.05) is 4.90 Å². The third-order valence-electron chi connectivity index (χ3n) is 15.0. The molecule has 0 spiro atoms. The van der Waals surface area contributed by atoms with Gasteiger partial charge in [-0.15, -0.1) is 0 Å². The predicted octanol–water partition coefficient (Wildman–Crippen LogP) is 20.5. The topological polar surface area (TPSA) is 3.24 Å². The summed E-state index contributed by atoms with van der Waals surface area (Å²) in [5.74, 6) is 0. The zero-order valence-corrected chi connectivity index (χ0v) is 42.9. The van der Waals surface area contributed by atoms with Gasteiger partial charge in [0, 0.05) is 16.9 Å². The molecule has 12 aromatic carbocycles. The van der Waals surface area contributed by atoms with Gasteiger partial charge in [0.2, 0.25) is 0 Å². The van der Waals surface area contributed by atoms with E-state index in [-0.39, 0.29) is 0 Å². The fourth-order valence-corrected chi connectivity index (χ4v) is 11.4. The molecule has 0 bridgehead atoms. The van der Waals surface area contributed by atoms with Gasteiger partial charge in [0.05, 0.1) is 11.1 Å². The summed E-state index contributed by atoms with van der Waals surface area (Å²) in [6.07, 6.45) is 0. The fraction of sp³-hybridized carbons (Fsp3) is 0.0400. The highest BCUT2D eigenvalue weighted by Gasteiger charge is 2.47. The molecule has 0 N–H and O–H groups in total. The van der Waals surface area contributed by atoms with Crippen LogP contribution in [0, 0.1) is 0 Å². The highest BCUT2D eigenvalue weighted by molar-refractivity contribution is 5.97. The number of nitrogens with zero attached hydrogens (tertiary/aromatic N) is 1. The van der Waals surface area contributed by atoms with Crippen molar-refractivity contribution in [3.05, 3.63) is 332 Å². The molecule has 1 aliphatic rings. The minimum atomic E-state index is -0.587. The Bertz CT molecular complexity index is 3680. The number of fused-ring (bicyclic) bond motifs is 3. The van der Waals surface area contributed by atoms with Crippen molar-refractivity contribution in [3.8, 4) is 77.9 Å². The molecule has 0 heterocycles. The minimum Gasteiger partial charge on any atom is -0.310 e. The zero-order valence-electron chi connectivity index (χ0n) is 42.9. The van der Waals surface area contributed by atoms with Gasteiger partial charge in [-0.3, -0.25) is 0 Å². The monoisotopic (exact) mass is 971 g/mol. The van der Waals surface area contributed by atoms with Gasteiger partial charge in [-0.25, -0.2) is 0 Å².